The molecule has 1 spiro atoms. The third-order valence-electron chi connectivity index (χ3n) is 6.14. The lowest BCUT2D eigenvalue weighted by Crippen LogP contribution is -2.56. The van der Waals surface area contributed by atoms with Gasteiger partial charge in [0.1, 0.15) is 0 Å². The molecule has 4 heteroatoms. The average Bonchev–Trinajstić information content (AvgIpc) is 3.04. The molecule has 1 aromatic carbocycles. The number of piperidine rings is 1. The maximum absolute atomic E-state index is 10.2. The molecule has 3 fully saturated rings. The quantitative estimate of drug-likeness (QED) is 0.930. The van der Waals surface area contributed by atoms with E-state index in [4.69, 9.17) is 9.47 Å². The van der Waals surface area contributed by atoms with Gasteiger partial charge in [0, 0.05) is 31.3 Å². The van der Waals surface area contributed by atoms with Crippen LogP contribution >= 0.6 is 0 Å². The largest absolute Gasteiger partial charge is 0.396 e. The lowest BCUT2D eigenvalue weighted by Gasteiger charge is -2.53. The van der Waals surface area contributed by atoms with E-state index < -0.39 is 0 Å². The van der Waals surface area contributed by atoms with E-state index in [0.29, 0.717) is 5.92 Å². The molecule has 2 saturated heterocycles. The molecular formula is C19H27NO3. The summed E-state index contributed by atoms with van der Waals surface area (Å²) in [5.41, 5.74) is 1.38. The fourth-order valence-electron chi connectivity index (χ4n) is 4.81. The van der Waals surface area contributed by atoms with Crippen molar-refractivity contribution in [2.24, 2.45) is 11.3 Å². The van der Waals surface area contributed by atoms with Gasteiger partial charge in [-0.2, -0.15) is 0 Å². The molecule has 0 amide bonds. The van der Waals surface area contributed by atoms with Crippen LogP contribution in [0.1, 0.15) is 31.2 Å². The van der Waals surface area contributed by atoms with E-state index in [0.717, 1.165) is 58.5 Å². The van der Waals surface area contributed by atoms with Crippen molar-refractivity contribution in [3.63, 3.8) is 0 Å². The fraction of sp³-hybridized carbons (Fsp3) is 0.684. The van der Waals surface area contributed by atoms with Crippen molar-refractivity contribution in [1.29, 1.82) is 0 Å². The average molecular weight is 317 g/mol. The van der Waals surface area contributed by atoms with Crippen molar-refractivity contribution >= 4 is 0 Å². The zero-order chi connectivity index (χ0) is 15.8. The molecule has 2 aliphatic heterocycles. The number of fused-ring (bicyclic) bond motifs is 1. The summed E-state index contributed by atoms with van der Waals surface area (Å²) >= 11 is 0. The van der Waals surface area contributed by atoms with Crippen molar-refractivity contribution in [3.05, 3.63) is 35.9 Å². The lowest BCUT2D eigenvalue weighted by molar-refractivity contribution is -0.221. The maximum Gasteiger partial charge on any atom is 0.168 e. The normalized spacial score (nSPS) is 33.7. The second-order valence-electron chi connectivity index (χ2n) is 7.51. The minimum absolute atomic E-state index is 0.0214. The molecule has 1 N–H and O–H groups in total. The number of hydrogen-bond acceptors (Lipinski definition) is 4. The second-order valence-corrected chi connectivity index (χ2v) is 7.51. The Bertz CT molecular complexity index is 529. The number of nitrogens with zero attached hydrogens (tertiary/aromatic N) is 1. The molecular weight excluding hydrogens is 290 g/mol. The summed E-state index contributed by atoms with van der Waals surface area (Å²) in [5.74, 6) is 0.164. The Morgan fingerprint density at radius 3 is 2.65 bits per heavy atom. The summed E-state index contributed by atoms with van der Waals surface area (Å²) in [6.07, 6.45) is 4.00. The standard InChI is InChI=1S/C19H27NO3/c21-15-18-7-8-19(22-10-11-23-19)12-17(18)6-9-20(14-18)13-16-4-2-1-3-5-16/h1-5,17,21H,6-15H2/t17-,18-/m0/s1. The Labute approximate surface area is 138 Å². The highest BCUT2D eigenvalue weighted by Crippen LogP contribution is 2.51. The van der Waals surface area contributed by atoms with Crippen LogP contribution in [0.5, 0.6) is 0 Å². The summed E-state index contributed by atoms with van der Waals surface area (Å²) in [6.45, 7) is 4.78. The van der Waals surface area contributed by atoms with Crippen molar-refractivity contribution in [3.8, 4) is 0 Å². The Morgan fingerprint density at radius 1 is 1.13 bits per heavy atom. The van der Waals surface area contributed by atoms with Crippen LogP contribution in [0.2, 0.25) is 0 Å². The van der Waals surface area contributed by atoms with Crippen molar-refractivity contribution in [2.75, 3.05) is 32.9 Å². The van der Waals surface area contributed by atoms with Gasteiger partial charge >= 0.3 is 0 Å². The number of aliphatic hydroxyl groups is 1. The van der Waals surface area contributed by atoms with E-state index in [-0.39, 0.29) is 17.8 Å². The predicted molar refractivity (Wildman–Crippen MR) is 87.8 cm³/mol. The molecule has 1 aromatic rings. The first-order valence-electron chi connectivity index (χ1n) is 8.89. The van der Waals surface area contributed by atoms with Gasteiger partial charge in [-0.15, -0.1) is 0 Å². The summed E-state index contributed by atoms with van der Waals surface area (Å²) in [7, 11) is 0. The van der Waals surface area contributed by atoms with E-state index in [1.165, 1.54) is 5.56 Å². The Kier molecular flexibility index (Phi) is 4.18. The van der Waals surface area contributed by atoms with E-state index in [9.17, 15) is 5.11 Å². The predicted octanol–water partition coefficient (Wildman–Crippen LogP) is 2.41. The van der Waals surface area contributed by atoms with E-state index >= 15 is 0 Å². The third kappa shape index (κ3) is 2.93. The number of rotatable bonds is 3. The zero-order valence-electron chi connectivity index (χ0n) is 13.7. The molecule has 2 atom stereocenters. The summed E-state index contributed by atoms with van der Waals surface area (Å²) < 4.78 is 11.8. The van der Waals surface area contributed by atoms with Crippen molar-refractivity contribution < 1.29 is 14.6 Å². The molecule has 1 aliphatic carbocycles. The molecule has 4 nitrogen and oxygen atoms in total. The van der Waals surface area contributed by atoms with E-state index in [1.54, 1.807) is 0 Å². The van der Waals surface area contributed by atoms with Gasteiger partial charge in [-0.1, -0.05) is 30.3 Å². The molecule has 0 aromatic heterocycles. The number of aliphatic hydroxyl groups excluding tert-OH is 1. The number of likely N-dealkylation sites (tertiary alicyclic amines) is 1. The molecule has 1 saturated carbocycles. The van der Waals surface area contributed by atoms with Crippen molar-refractivity contribution in [1.82, 2.24) is 4.90 Å². The first-order valence-corrected chi connectivity index (χ1v) is 8.89. The van der Waals surface area contributed by atoms with Gasteiger partial charge < -0.3 is 14.6 Å². The van der Waals surface area contributed by atoms with Crippen LogP contribution in [0, 0.1) is 11.3 Å². The highest BCUT2D eigenvalue weighted by atomic mass is 16.7. The molecule has 3 aliphatic rings. The van der Waals surface area contributed by atoms with Crippen molar-refractivity contribution in [2.45, 2.75) is 38.0 Å². The Hall–Kier alpha value is -0.940. The highest BCUT2D eigenvalue weighted by molar-refractivity contribution is 5.15. The minimum atomic E-state index is -0.342. The summed E-state index contributed by atoms with van der Waals surface area (Å²) in [4.78, 5) is 2.51. The summed E-state index contributed by atoms with van der Waals surface area (Å²) in [6, 6.07) is 10.6. The van der Waals surface area contributed by atoms with E-state index in [2.05, 4.69) is 35.2 Å². The van der Waals surface area contributed by atoms with Gasteiger partial charge in [0.05, 0.1) is 19.8 Å². The molecule has 0 bridgehead atoms. The molecule has 23 heavy (non-hydrogen) atoms. The van der Waals surface area contributed by atoms with Crippen LogP contribution < -0.4 is 0 Å². The molecule has 0 radical (unpaired) electrons. The zero-order valence-corrected chi connectivity index (χ0v) is 13.7. The van der Waals surface area contributed by atoms with Gasteiger partial charge in [0.15, 0.2) is 5.79 Å². The second kappa shape index (κ2) is 6.17. The molecule has 2 heterocycles. The fourth-order valence-corrected chi connectivity index (χ4v) is 4.81. The summed E-state index contributed by atoms with van der Waals surface area (Å²) in [5, 5.41) is 10.2. The Balaban J connectivity index is 1.46. The van der Waals surface area contributed by atoms with Crippen LogP contribution in [0.3, 0.4) is 0 Å². The van der Waals surface area contributed by atoms with Crippen LogP contribution in [-0.2, 0) is 16.0 Å². The van der Waals surface area contributed by atoms with Gasteiger partial charge in [0.2, 0.25) is 0 Å². The monoisotopic (exact) mass is 317 g/mol. The molecule has 126 valence electrons. The first-order chi connectivity index (χ1) is 11.2. The van der Waals surface area contributed by atoms with Crippen LogP contribution in [-0.4, -0.2) is 48.7 Å². The van der Waals surface area contributed by atoms with Crippen LogP contribution in [0.4, 0.5) is 0 Å². The molecule has 0 unspecified atom stereocenters. The van der Waals surface area contributed by atoms with Crippen LogP contribution in [0.25, 0.3) is 0 Å². The number of hydrogen-bond donors (Lipinski definition) is 1. The molecule has 4 rings (SSSR count). The Morgan fingerprint density at radius 2 is 1.91 bits per heavy atom. The highest BCUT2D eigenvalue weighted by Gasteiger charge is 2.53. The SMILES string of the molecule is OC[C@@]12CCC3(C[C@@H]1CCN(Cc1ccccc1)C2)OCCO3. The van der Waals surface area contributed by atoms with E-state index in [1.807, 2.05) is 0 Å². The number of ether oxygens (including phenoxy) is 2. The van der Waals surface area contributed by atoms with Crippen LogP contribution in [0.15, 0.2) is 30.3 Å². The smallest absolute Gasteiger partial charge is 0.168 e. The third-order valence-corrected chi connectivity index (χ3v) is 6.14. The van der Waals surface area contributed by atoms with Gasteiger partial charge in [-0.3, -0.25) is 4.90 Å². The number of benzene rings is 1. The topological polar surface area (TPSA) is 41.9 Å². The minimum Gasteiger partial charge on any atom is -0.396 e. The van der Waals surface area contributed by atoms with Gasteiger partial charge in [-0.25, -0.2) is 0 Å². The van der Waals surface area contributed by atoms with Gasteiger partial charge in [0.25, 0.3) is 0 Å². The maximum atomic E-state index is 10.2. The first kappa shape index (κ1) is 15.6. The van der Waals surface area contributed by atoms with Gasteiger partial charge in [-0.05, 0) is 30.9 Å². The lowest BCUT2D eigenvalue weighted by atomic mass is 9.61.